The zero-order chi connectivity index (χ0) is 49.3. The highest BCUT2D eigenvalue weighted by molar-refractivity contribution is 5.71. The number of carbonyl (C=O) groups is 3. The molecule has 0 saturated heterocycles. The van der Waals surface area contributed by atoms with E-state index in [1.807, 2.05) is 0 Å². The third-order valence-electron chi connectivity index (χ3n) is 13.3. The van der Waals surface area contributed by atoms with E-state index >= 15 is 0 Å². The van der Waals surface area contributed by atoms with E-state index in [2.05, 4.69) is 57.2 Å². The minimum atomic E-state index is -0.779. The van der Waals surface area contributed by atoms with Gasteiger partial charge in [0.25, 0.3) is 0 Å². The lowest BCUT2D eigenvalue weighted by atomic mass is 10.0. The molecule has 6 heteroatoms. The van der Waals surface area contributed by atoms with E-state index in [0.29, 0.717) is 19.3 Å². The zero-order valence-corrected chi connectivity index (χ0v) is 45.6. The van der Waals surface area contributed by atoms with Crippen LogP contribution in [0.5, 0.6) is 0 Å². The van der Waals surface area contributed by atoms with E-state index in [1.54, 1.807) is 0 Å². The van der Waals surface area contributed by atoms with Gasteiger partial charge >= 0.3 is 17.9 Å². The molecule has 68 heavy (non-hydrogen) atoms. The molecule has 1 unspecified atom stereocenters. The minimum Gasteiger partial charge on any atom is -0.462 e. The van der Waals surface area contributed by atoms with Gasteiger partial charge in [0.1, 0.15) is 13.2 Å². The van der Waals surface area contributed by atoms with Crippen LogP contribution >= 0.6 is 0 Å². The Morgan fingerprint density at radius 3 is 0.912 bits per heavy atom. The van der Waals surface area contributed by atoms with Gasteiger partial charge in [0.15, 0.2) is 6.10 Å². The van der Waals surface area contributed by atoms with Crippen LogP contribution in [0.2, 0.25) is 0 Å². The highest BCUT2D eigenvalue weighted by Gasteiger charge is 2.19. The van der Waals surface area contributed by atoms with Crippen LogP contribution in [-0.2, 0) is 28.6 Å². The van der Waals surface area contributed by atoms with Gasteiger partial charge in [-0.05, 0) is 70.6 Å². The summed E-state index contributed by atoms with van der Waals surface area (Å²) in [6.45, 7) is 6.58. The van der Waals surface area contributed by atoms with E-state index in [0.717, 1.165) is 96.3 Å². The topological polar surface area (TPSA) is 78.9 Å². The lowest BCUT2D eigenvalue weighted by Crippen LogP contribution is -2.30. The third kappa shape index (κ3) is 54.6. The number of hydrogen-bond acceptors (Lipinski definition) is 6. The van der Waals surface area contributed by atoms with Gasteiger partial charge < -0.3 is 14.2 Å². The summed E-state index contributed by atoms with van der Waals surface area (Å²) >= 11 is 0. The van der Waals surface area contributed by atoms with Gasteiger partial charge in [-0.15, -0.1) is 0 Å². The second-order valence-corrected chi connectivity index (χ2v) is 20.3. The van der Waals surface area contributed by atoms with Crippen LogP contribution in [0.25, 0.3) is 0 Å². The summed E-state index contributed by atoms with van der Waals surface area (Å²) in [5, 5.41) is 0. The predicted octanol–water partition coefficient (Wildman–Crippen LogP) is 20.0. The molecular formula is C62H114O6. The lowest BCUT2D eigenvalue weighted by molar-refractivity contribution is -0.167. The molecule has 0 spiro atoms. The Balaban J connectivity index is 4.17. The third-order valence-corrected chi connectivity index (χ3v) is 13.3. The monoisotopic (exact) mass is 955 g/mol. The highest BCUT2D eigenvalue weighted by Crippen LogP contribution is 2.17. The smallest absolute Gasteiger partial charge is 0.306 e. The molecule has 0 aromatic carbocycles. The van der Waals surface area contributed by atoms with E-state index in [-0.39, 0.29) is 31.1 Å². The molecule has 0 saturated carbocycles. The molecule has 0 N–H and O–H groups in total. The van der Waals surface area contributed by atoms with Gasteiger partial charge in [0.05, 0.1) is 0 Å². The van der Waals surface area contributed by atoms with Crippen LogP contribution in [0.4, 0.5) is 0 Å². The lowest BCUT2D eigenvalue weighted by Gasteiger charge is -2.18. The van der Waals surface area contributed by atoms with E-state index < -0.39 is 6.10 Å². The maximum Gasteiger partial charge on any atom is 0.306 e. The molecule has 0 aliphatic carbocycles. The van der Waals surface area contributed by atoms with Crippen molar-refractivity contribution in [1.29, 1.82) is 0 Å². The summed E-state index contributed by atoms with van der Waals surface area (Å²) in [5.74, 6) is -0.887. The molecule has 0 fully saturated rings. The molecular weight excluding hydrogens is 841 g/mol. The second-order valence-electron chi connectivity index (χ2n) is 20.3. The minimum absolute atomic E-state index is 0.0772. The van der Waals surface area contributed by atoms with E-state index in [9.17, 15) is 14.4 Å². The van der Waals surface area contributed by atoms with Crippen molar-refractivity contribution >= 4 is 17.9 Å². The molecule has 398 valence electrons. The SMILES string of the molecule is CCC/C=C\CCCCCCCC(=O)OCC(COC(=O)CCCCCCCCCCCCCCCCCCCCCCCCCCC)OC(=O)CCCCCCC/C=C\C/C=C\CCCCC. The summed E-state index contributed by atoms with van der Waals surface area (Å²) in [4.78, 5) is 38.1. The number of rotatable bonds is 55. The van der Waals surface area contributed by atoms with Crippen LogP contribution in [0.1, 0.15) is 323 Å². The molecule has 0 aromatic rings. The van der Waals surface area contributed by atoms with Crippen LogP contribution < -0.4 is 0 Å². The summed E-state index contributed by atoms with van der Waals surface area (Å²) < 4.78 is 16.8. The van der Waals surface area contributed by atoms with Crippen molar-refractivity contribution in [2.75, 3.05) is 13.2 Å². The Hall–Kier alpha value is -2.37. The molecule has 1 atom stereocenters. The quantitative estimate of drug-likeness (QED) is 0.0262. The van der Waals surface area contributed by atoms with E-state index in [4.69, 9.17) is 14.2 Å². The van der Waals surface area contributed by atoms with Crippen molar-refractivity contribution in [3.63, 3.8) is 0 Å². The maximum absolute atomic E-state index is 12.8. The average Bonchev–Trinajstić information content (AvgIpc) is 3.34. The maximum atomic E-state index is 12.8. The largest absolute Gasteiger partial charge is 0.462 e. The normalized spacial score (nSPS) is 12.2. The molecule has 0 heterocycles. The Morgan fingerprint density at radius 1 is 0.294 bits per heavy atom. The number of ether oxygens (including phenoxy) is 3. The standard InChI is InChI=1S/C62H114O6/c1-4-7-10-13-16-19-22-24-26-27-28-29-30-31-32-33-34-35-37-38-40-43-46-49-52-55-61(64)67-58-59(57-66-60(63)54-51-48-45-42-21-18-15-12-9-6-3)68-62(65)56-53-50-47-44-41-39-36-25-23-20-17-14-11-8-5-2/h12,15,17,20,25,36,59H,4-11,13-14,16,18-19,21-24,26-35,37-58H2,1-3H3/b15-12-,20-17-,36-25-. The first-order chi connectivity index (χ1) is 33.5. The molecule has 0 aromatic heterocycles. The second kappa shape index (κ2) is 57.2. The summed E-state index contributed by atoms with van der Waals surface area (Å²) in [5.41, 5.74) is 0. The average molecular weight is 956 g/mol. The van der Waals surface area contributed by atoms with Gasteiger partial charge in [-0.1, -0.05) is 269 Å². The fraction of sp³-hybridized carbons (Fsp3) is 0.855. The van der Waals surface area contributed by atoms with Crippen LogP contribution in [0.3, 0.4) is 0 Å². The highest BCUT2D eigenvalue weighted by atomic mass is 16.6. The molecule has 6 nitrogen and oxygen atoms in total. The van der Waals surface area contributed by atoms with Gasteiger partial charge in [0, 0.05) is 19.3 Å². The van der Waals surface area contributed by atoms with Crippen LogP contribution in [0.15, 0.2) is 36.5 Å². The van der Waals surface area contributed by atoms with Gasteiger partial charge in [0.2, 0.25) is 0 Å². The molecule has 0 bridgehead atoms. The van der Waals surface area contributed by atoms with Gasteiger partial charge in [-0.3, -0.25) is 14.4 Å². The molecule has 0 rings (SSSR count). The van der Waals surface area contributed by atoms with Crippen molar-refractivity contribution in [2.45, 2.75) is 329 Å². The molecule has 0 amide bonds. The predicted molar refractivity (Wildman–Crippen MR) is 293 cm³/mol. The molecule has 0 radical (unpaired) electrons. The van der Waals surface area contributed by atoms with Crippen molar-refractivity contribution in [3.8, 4) is 0 Å². The Morgan fingerprint density at radius 2 is 0.559 bits per heavy atom. The Labute approximate surface area is 423 Å². The number of allylic oxidation sites excluding steroid dienone is 6. The van der Waals surface area contributed by atoms with Crippen molar-refractivity contribution < 1.29 is 28.6 Å². The van der Waals surface area contributed by atoms with Gasteiger partial charge in [-0.2, -0.15) is 0 Å². The fourth-order valence-electron chi connectivity index (χ4n) is 8.83. The Kier molecular flexibility index (Phi) is 55.2. The van der Waals surface area contributed by atoms with Crippen LogP contribution in [0, 0.1) is 0 Å². The van der Waals surface area contributed by atoms with E-state index in [1.165, 1.54) is 186 Å². The first-order valence-corrected chi connectivity index (χ1v) is 30.0. The summed E-state index contributed by atoms with van der Waals surface area (Å²) in [6.07, 6.45) is 68.8. The first kappa shape index (κ1) is 65.6. The van der Waals surface area contributed by atoms with Crippen LogP contribution in [-0.4, -0.2) is 37.2 Å². The summed E-state index contributed by atoms with van der Waals surface area (Å²) in [6, 6.07) is 0. The van der Waals surface area contributed by atoms with Crippen molar-refractivity contribution in [3.05, 3.63) is 36.5 Å². The number of unbranched alkanes of at least 4 members (excludes halogenated alkanes) is 38. The summed E-state index contributed by atoms with van der Waals surface area (Å²) in [7, 11) is 0. The zero-order valence-electron chi connectivity index (χ0n) is 45.6. The molecule has 0 aliphatic rings. The van der Waals surface area contributed by atoms with Gasteiger partial charge in [-0.25, -0.2) is 0 Å². The fourth-order valence-corrected chi connectivity index (χ4v) is 8.83. The number of carbonyl (C=O) groups excluding carboxylic acids is 3. The number of hydrogen-bond donors (Lipinski definition) is 0. The first-order valence-electron chi connectivity index (χ1n) is 30.0. The van der Waals surface area contributed by atoms with Crippen molar-refractivity contribution in [1.82, 2.24) is 0 Å². The Bertz CT molecular complexity index is 1140. The number of esters is 3. The van der Waals surface area contributed by atoms with Crippen molar-refractivity contribution in [2.24, 2.45) is 0 Å². The molecule has 0 aliphatic heterocycles.